The number of aliphatic hydroxyl groups excluding tert-OH is 4. The fourth-order valence-corrected chi connectivity index (χ4v) is 3.48. The van der Waals surface area contributed by atoms with Gasteiger partial charge in [-0.25, -0.2) is 0 Å². The van der Waals surface area contributed by atoms with Crippen LogP contribution in [0.3, 0.4) is 0 Å². The van der Waals surface area contributed by atoms with Gasteiger partial charge in [0.05, 0.1) is 26.4 Å². The summed E-state index contributed by atoms with van der Waals surface area (Å²) in [6, 6.07) is 12.9. The van der Waals surface area contributed by atoms with E-state index in [9.17, 15) is 20.4 Å². The molecule has 0 amide bonds. The monoisotopic (exact) mass is 414 g/mol. The van der Waals surface area contributed by atoms with Crippen LogP contribution in [0.25, 0.3) is 0 Å². The van der Waals surface area contributed by atoms with Crippen LogP contribution in [0.1, 0.15) is 41.2 Å². The molecule has 2 aromatic rings. The van der Waals surface area contributed by atoms with Gasteiger partial charge in [-0.15, -0.1) is 0 Å². The summed E-state index contributed by atoms with van der Waals surface area (Å²) in [5, 5.41) is 37.8. The summed E-state index contributed by atoms with van der Waals surface area (Å²) < 4.78 is 0. The molecule has 0 saturated heterocycles. The van der Waals surface area contributed by atoms with Crippen LogP contribution in [0.15, 0.2) is 65.8 Å². The molecule has 0 bridgehead atoms. The predicted octanol–water partition coefficient (Wildman–Crippen LogP) is 2.67. The Morgan fingerprint density at radius 2 is 1.29 bits per heavy atom. The molecule has 0 spiro atoms. The van der Waals surface area contributed by atoms with Gasteiger partial charge < -0.3 is 20.4 Å². The van der Waals surface area contributed by atoms with E-state index < -0.39 is 5.41 Å². The fourth-order valence-electron chi connectivity index (χ4n) is 3.48. The summed E-state index contributed by atoms with van der Waals surface area (Å²) in [6.07, 6.45) is 4.46. The summed E-state index contributed by atoms with van der Waals surface area (Å²) in [5.74, 6) is 12.4. The summed E-state index contributed by atoms with van der Waals surface area (Å²) in [5.41, 5.74) is 5.09. The van der Waals surface area contributed by atoms with E-state index in [1.165, 1.54) is 0 Å². The van der Waals surface area contributed by atoms with Gasteiger partial charge >= 0.3 is 0 Å². The molecule has 1 atom stereocenters. The molecule has 4 nitrogen and oxygen atoms in total. The van der Waals surface area contributed by atoms with Crippen molar-refractivity contribution in [3.63, 3.8) is 0 Å². The summed E-state index contributed by atoms with van der Waals surface area (Å²) >= 11 is 0. The molecule has 158 valence electrons. The van der Waals surface area contributed by atoms with Crippen LogP contribution in [-0.2, 0) is 13.2 Å². The molecule has 0 fully saturated rings. The van der Waals surface area contributed by atoms with E-state index >= 15 is 0 Å². The molecule has 1 aliphatic carbocycles. The Bertz CT molecular complexity index is 1100. The van der Waals surface area contributed by atoms with Crippen LogP contribution in [0.5, 0.6) is 0 Å². The molecule has 1 unspecified atom stereocenters. The first kappa shape index (κ1) is 22.6. The van der Waals surface area contributed by atoms with Crippen molar-refractivity contribution in [3.8, 4) is 23.7 Å². The van der Waals surface area contributed by atoms with Crippen molar-refractivity contribution in [2.24, 2.45) is 5.41 Å². The number of rotatable bonds is 4. The molecule has 0 aliphatic heterocycles. The maximum Gasteiger partial charge on any atom is 0.0682 e. The van der Waals surface area contributed by atoms with E-state index in [1.54, 1.807) is 18.2 Å². The van der Waals surface area contributed by atoms with Crippen LogP contribution in [0, 0.1) is 29.1 Å². The third-order valence-corrected chi connectivity index (χ3v) is 5.06. The molecule has 4 heteroatoms. The smallest absolute Gasteiger partial charge is 0.0682 e. The highest BCUT2D eigenvalue weighted by atomic mass is 16.3. The normalized spacial score (nSPS) is 17.6. The Kier molecular flexibility index (Phi) is 7.47. The van der Waals surface area contributed by atoms with E-state index in [4.69, 9.17) is 0 Å². The zero-order chi connectivity index (χ0) is 22.3. The third kappa shape index (κ3) is 6.18. The Morgan fingerprint density at radius 3 is 1.81 bits per heavy atom. The van der Waals surface area contributed by atoms with Gasteiger partial charge in [0.25, 0.3) is 0 Å². The zero-order valence-corrected chi connectivity index (χ0v) is 17.5. The Balaban J connectivity index is 1.77. The highest BCUT2D eigenvalue weighted by Crippen LogP contribution is 2.33. The van der Waals surface area contributed by atoms with Gasteiger partial charge in [-0.3, -0.25) is 0 Å². The van der Waals surface area contributed by atoms with Crippen molar-refractivity contribution < 1.29 is 20.4 Å². The number of hydrogen-bond donors (Lipinski definition) is 4. The molecule has 0 saturated carbocycles. The SMILES string of the molecule is CC1(CO)C=C(C#Cc2ccc(C#Cc3cc(CO)cc(CO)c3)cc2)C=C(CO)C1. The average Bonchev–Trinajstić information content (AvgIpc) is 2.81. The molecule has 0 aromatic heterocycles. The van der Waals surface area contributed by atoms with E-state index in [1.807, 2.05) is 43.3 Å². The number of allylic oxidation sites excluding steroid dienone is 2. The van der Waals surface area contributed by atoms with E-state index in [2.05, 4.69) is 23.7 Å². The van der Waals surface area contributed by atoms with Crippen molar-refractivity contribution in [1.82, 2.24) is 0 Å². The average molecular weight is 415 g/mol. The first-order valence-corrected chi connectivity index (χ1v) is 10.1. The molecular formula is C27H26O4. The second-order valence-corrected chi connectivity index (χ2v) is 7.98. The maximum atomic E-state index is 9.65. The van der Waals surface area contributed by atoms with Crippen molar-refractivity contribution in [2.75, 3.05) is 13.2 Å². The highest BCUT2D eigenvalue weighted by molar-refractivity contribution is 5.51. The third-order valence-electron chi connectivity index (χ3n) is 5.06. The van der Waals surface area contributed by atoms with Gasteiger partial charge in [0.15, 0.2) is 0 Å². The molecule has 2 aromatic carbocycles. The second-order valence-electron chi connectivity index (χ2n) is 7.98. The summed E-state index contributed by atoms with van der Waals surface area (Å²) in [7, 11) is 0. The van der Waals surface area contributed by atoms with E-state index in [0.29, 0.717) is 17.5 Å². The molecular weight excluding hydrogens is 388 g/mol. The lowest BCUT2D eigenvalue weighted by atomic mass is 9.78. The van der Waals surface area contributed by atoms with Gasteiger partial charge in [0.2, 0.25) is 0 Å². The quantitative estimate of drug-likeness (QED) is 0.580. The van der Waals surface area contributed by atoms with Gasteiger partial charge in [-0.1, -0.05) is 42.7 Å². The zero-order valence-electron chi connectivity index (χ0n) is 17.5. The second kappa shape index (κ2) is 10.3. The maximum absolute atomic E-state index is 9.65. The first-order valence-electron chi connectivity index (χ1n) is 10.1. The van der Waals surface area contributed by atoms with Crippen LogP contribution < -0.4 is 0 Å². The minimum atomic E-state index is -0.403. The lowest BCUT2D eigenvalue weighted by molar-refractivity contribution is 0.177. The topological polar surface area (TPSA) is 80.9 Å². The summed E-state index contributed by atoms with van der Waals surface area (Å²) in [6.45, 7) is 1.72. The van der Waals surface area contributed by atoms with Crippen molar-refractivity contribution in [1.29, 1.82) is 0 Å². The van der Waals surface area contributed by atoms with Gasteiger partial charge in [-0.05, 0) is 65.6 Å². The van der Waals surface area contributed by atoms with E-state index in [-0.39, 0.29) is 26.4 Å². The van der Waals surface area contributed by atoms with E-state index in [0.717, 1.165) is 27.8 Å². The minimum absolute atomic E-state index is 0.00387. The van der Waals surface area contributed by atoms with Crippen LogP contribution >= 0.6 is 0 Å². The van der Waals surface area contributed by atoms with Gasteiger partial charge in [0.1, 0.15) is 0 Å². The molecule has 1 aliphatic rings. The largest absolute Gasteiger partial charge is 0.395 e. The Morgan fingerprint density at radius 1 is 0.742 bits per heavy atom. The minimum Gasteiger partial charge on any atom is -0.395 e. The molecule has 31 heavy (non-hydrogen) atoms. The molecule has 0 radical (unpaired) electrons. The molecule has 3 rings (SSSR count). The Labute approximate surface area is 183 Å². The lowest BCUT2D eigenvalue weighted by Gasteiger charge is -2.28. The van der Waals surface area contributed by atoms with Crippen molar-refractivity contribution in [2.45, 2.75) is 26.6 Å². The van der Waals surface area contributed by atoms with Crippen LogP contribution in [0.4, 0.5) is 0 Å². The molecule has 4 N–H and O–H groups in total. The summed E-state index contributed by atoms with van der Waals surface area (Å²) in [4.78, 5) is 0. The van der Waals surface area contributed by atoms with Crippen molar-refractivity contribution >= 4 is 0 Å². The van der Waals surface area contributed by atoms with Gasteiger partial charge in [-0.2, -0.15) is 0 Å². The van der Waals surface area contributed by atoms with Crippen LogP contribution in [-0.4, -0.2) is 33.6 Å². The number of benzene rings is 2. The standard InChI is InChI=1S/C27H26O4/c1-27(19-31)14-23(12-26(15-27)18-30)9-7-21-4-2-20(3-5-21)6-8-22-10-24(16-28)13-25(11-22)17-29/h2-5,10-14,28-31H,15-19H2,1H3. The predicted molar refractivity (Wildman–Crippen MR) is 121 cm³/mol. The fraction of sp³-hybridized carbons (Fsp3) is 0.259. The number of hydrogen-bond acceptors (Lipinski definition) is 4. The number of aliphatic hydroxyl groups is 4. The highest BCUT2D eigenvalue weighted by Gasteiger charge is 2.25. The Hall–Kier alpha value is -3.12. The lowest BCUT2D eigenvalue weighted by Crippen LogP contribution is -2.23. The van der Waals surface area contributed by atoms with Crippen LogP contribution in [0.2, 0.25) is 0 Å². The van der Waals surface area contributed by atoms with Gasteiger partial charge in [0, 0.05) is 27.7 Å². The first-order chi connectivity index (χ1) is 15.0. The van der Waals surface area contributed by atoms with Crippen molar-refractivity contribution in [3.05, 3.63) is 93.6 Å². The molecule has 0 heterocycles.